The number of ether oxygens (including phenoxy) is 1. The molecule has 0 fully saturated rings. The lowest BCUT2D eigenvalue weighted by atomic mass is 10.2. The third-order valence-electron chi connectivity index (χ3n) is 4.12. The first kappa shape index (κ1) is 22.1. The lowest BCUT2D eigenvalue weighted by Gasteiger charge is -2.08. The first-order valence-corrected chi connectivity index (χ1v) is 9.56. The van der Waals surface area contributed by atoms with E-state index in [4.69, 9.17) is 27.9 Å². The summed E-state index contributed by atoms with van der Waals surface area (Å²) in [5.41, 5.74) is 3.27. The number of nitro benzene ring substituents is 1. The van der Waals surface area contributed by atoms with E-state index in [9.17, 15) is 20.0 Å². The molecule has 0 heterocycles. The summed E-state index contributed by atoms with van der Waals surface area (Å²) in [6.45, 7) is 0.235. The molecule has 0 unspecified atom stereocenters. The van der Waals surface area contributed by atoms with E-state index in [0.29, 0.717) is 21.4 Å². The van der Waals surface area contributed by atoms with Crippen LogP contribution >= 0.6 is 23.2 Å². The van der Waals surface area contributed by atoms with Crippen molar-refractivity contribution in [3.8, 4) is 11.5 Å². The highest BCUT2D eigenvalue weighted by Gasteiger charge is 2.10. The molecule has 0 bridgehead atoms. The summed E-state index contributed by atoms with van der Waals surface area (Å²) < 4.78 is 5.66. The molecule has 0 aliphatic carbocycles. The Balaban J connectivity index is 1.58. The Morgan fingerprint density at radius 1 is 1.13 bits per heavy atom. The molecule has 3 aromatic carbocycles. The number of rotatable bonds is 7. The number of non-ortho nitro benzene ring substituents is 1. The fraction of sp³-hybridized carbons (Fsp3) is 0.0476. The van der Waals surface area contributed by atoms with Gasteiger partial charge in [-0.2, -0.15) is 5.10 Å². The number of phenolic OH excluding ortho intramolecular Hbond substituents is 1. The Labute approximate surface area is 186 Å². The van der Waals surface area contributed by atoms with Crippen molar-refractivity contribution >= 4 is 41.0 Å². The van der Waals surface area contributed by atoms with Crippen LogP contribution in [0.4, 0.5) is 5.69 Å². The Kier molecular flexibility index (Phi) is 7.07. The number of aromatic hydroxyl groups is 1. The number of amides is 1. The quantitative estimate of drug-likeness (QED) is 0.294. The third kappa shape index (κ3) is 5.94. The normalized spacial score (nSPS) is 10.8. The Morgan fingerprint density at radius 2 is 1.87 bits per heavy atom. The molecule has 3 rings (SSSR count). The lowest BCUT2D eigenvalue weighted by molar-refractivity contribution is -0.384. The van der Waals surface area contributed by atoms with Crippen molar-refractivity contribution in [3.63, 3.8) is 0 Å². The molecule has 10 heteroatoms. The molecule has 0 aromatic heterocycles. The van der Waals surface area contributed by atoms with Gasteiger partial charge in [-0.25, -0.2) is 5.43 Å². The molecule has 2 N–H and O–H groups in total. The second kappa shape index (κ2) is 9.92. The maximum absolute atomic E-state index is 12.2. The van der Waals surface area contributed by atoms with E-state index in [2.05, 4.69) is 10.5 Å². The molecule has 0 saturated heterocycles. The molecule has 0 atom stereocenters. The average molecular weight is 460 g/mol. The van der Waals surface area contributed by atoms with Gasteiger partial charge in [-0.1, -0.05) is 29.3 Å². The van der Waals surface area contributed by atoms with E-state index in [1.54, 1.807) is 42.5 Å². The number of halogens is 2. The van der Waals surface area contributed by atoms with Crippen molar-refractivity contribution in [1.82, 2.24) is 5.43 Å². The third-order valence-corrected chi connectivity index (χ3v) is 4.70. The number of nitrogens with one attached hydrogen (secondary N) is 1. The van der Waals surface area contributed by atoms with Crippen LogP contribution in [0.5, 0.6) is 11.5 Å². The van der Waals surface area contributed by atoms with Gasteiger partial charge < -0.3 is 9.84 Å². The van der Waals surface area contributed by atoms with Gasteiger partial charge in [0.15, 0.2) is 0 Å². The number of hydrogen-bond acceptors (Lipinski definition) is 6. The number of hydrazone groups is 1. The fourth-order valence-corrected chi connectivity index (χ4v) is 2.95. The SMILES string of the molecule is O=C(N/N=C/c1cc([N+](=O)[O-])ccc1O)c1ccc(OCc2ccc(Cl)cc2Cl)cc1. The van der Waals surface area contributed by atoms with Crippen molar-refractivity contribution < 1.29 is 19.6 Å². The molecule has 3 aromatic rings. The van der Waals surface area contributed by atoms with Gasteiger partial charge in [-0.15, -0.1) is 0 Å². The maximum atomic E-state index is 12.2. The van der Waals surface area contributed by atoms with Crippen molar-refractivity contribution in [3.05, 3.63) is 97.5 Å². The molecule has 8 nitrogen and oxygen atoms in total. The van der Waals surface area contributed by atoms with Crippen LogP contribution in [-0.2, 0) is 6.61 Å². The van der Waals surface area contributed by atoms with E-state index in [1.807, 2.05) is 0 Å². The zero-order chi connectivity index (χ0) is 22.4. The van der Waals surface area contributed by atoms with E-state index in [0.717, 1.165) is 23.9 Å². The number of nitrogens with zero attached hydrogens (tertiary/aromatic N) is 2. The van der Waals surface area contributed by atoms with Crippen LogP contribution in [0, 0.1) is 10.1 Å². The van der Waals surface area contributed by atoms with Gasteiger partial charge in [0, 0.05) is 38.9 Å². The van der Waals surface area contributed by atoms with Gasteiger partial charge in [0.2, 0.25) is 0 Å². The molecule has 1 amide bonds. The topological polar surface area (TPSA) is 114 Å². The molecule has 0 saturated carbocycles. The maximum Gasteiger partial charge on any atom is 0.271 e. The summed E-state index contributed by atoms with van der Waals surface area (Å²) in [5, 5.41) is 25.3. The minimum absolute atomic E-state index is 0.0964. The molecule has 0 spiro atoms. The van der Waals surface area contributed by atoms with Crippen LogP contribution in [0.15, 0.2) is 65.8 Å². The van der Waals surface area contributed by atoms with Crippen molar-refractivity contribution in [2.75, 3.05) is 0 Å². The smallest absolute Gasteiger partial charge is 0.271 e. The number of phenols is 1. The van der Waals surface area contributed by atoms with Crippen LogP contribution in [0.3, 0.4) is 0 Å². The van der Waals surface area contributed by atoms with Gasteiger partial charge in [-0.3, -0.25) is 14.9 Å². The molecular formula is C21H15Cl2N3O5. The molecule has 31 heavy (non-hydrogen) atoms. The minimum atomic E-state index is -0.597. The van der Waals surface area contributed by atoms with Gasteiger partial charge in [0.05, 0.1) is 11.1 Å². The minimum Gasteiger partial charge on any atom is -0.507 e. The van der Waals surface area contributed by atoms with E-state index < -0.39 is 10.8 Å². The van der Waals surface area contributed by atoms with Crippen LogP contribution in [0.25, 0.3) is 0 Å². The summed E-state index contributed by atoms with van der Waals surface area (Å²) in [7, 11) is 0. The van der Waals surface area contributed by atoms with Crippen LogP contribution < -0.4 is 10.2 Å². The predicted octanol–water partition coefficient (Wildman–Crippen LogP) is 4.95. The Bertz CT molecular complexity index is 1150. The Morgan fingerprint density at radius 3 is 2.55 bits per heavy atom. The molecule has 0 radical (unpaired) electrons. The Hall–Kier alpha value is -3.62. The zero-order valence-corrected chi connectivity index (χ0v) is 17.3. The summed E-state index contributed by atoms with van der Waals surface area (Å²) >= 11 is 12.0. The van der Waals surface area contributed by atoms with Crippen molar-refractivity contribution in [1.29, 1.82) is 0 Å². The number of hydrogen-bond donors (Lipinski definition) is 2. The first-order valence-electron chi connectivity index (χ1n) is 8.81. The van der Waals surface area contributed by atoms with Gasteiger partial charge >= 0.3 is 0 Å². The standard InChI is InChI=1S/C21H15Cl2N3O5/c22-16-4-1-14(19(23)10-16)12-31-18-6-2-13(3-7-18)21(28)25-24-11-15-9-17(26(29)30)5-8-20(15)27/h1-11,27H,12H2,(H,25,28)/b24-11+. The highest BCUT2D eigenvalue weighted by Crippen LogP contribution is 2.23. The fourth-order valence-electron chi connectivity index (χ4n) is 2.49. The monoisotopic (exact) mass is 459 g/mol. The molecule has 0 aliphatic rings. The van der Waals surface area contributed by atoms with Crippen LogP contribution in [-0.4, -0.2) is 22.2 Å². The van der Waals surface area contributed by atoms with E-state index in [-0.39, 0.29) is 23.6 Å². The van der Waals surface area contributed by atoms with Crippen LogP contribution in [0.1, 0.15) is 21.5 Å². The lowest BCUT2D eigenvalue weighted by Crippen LogP contribution is -2.17. The van der Waals surface area contributed by atoms with Crippen LogP contribution in [0.2, 0.25) is 10.0 Å². The van der Waals surface area contributed by atoms with Crippen molar-refractivity contribution in [2.24, 2.45) is 5.10 Å². The summed E-state index contributed by atoms with van der Waals surface area (Å²) in [6.07, 6.45) is 1.12. The second-order valence-electron chi connectivity index (χ2n) is 6.25. The van der Waals surface area contributed by atoms with Gasteiger partial charge in [-0.05, 0) is 42.5 Å². The average Bonchev–Trinajstić information content (AvgIpc) is 2.74. The summed E-state index contributed by atoms with van der Waals surface area (Å²) in [5.74, 6) is -0.174. The molecule has 0 aliphatic heterocycles. The zero-order valence-electron chi connectivity index (χ0n) is 15.8. The number of benzene rings is 3. The highest BCUT2D eigenvalue weighted by atomic mass is 35.5. The summed E-state index contributed by atoms with van der Waals surface area (Å²) in [6, 6.07) is 14.9. The van der Waals surface area contributed by atoms with Gasteiger partial charge in [0.25, 0.3) is 11.6 Å². The first-order chi connectivity index (χ1) is 14.8. The largest absolute Gasteiger partial charge is 0.507 e. The van der Waals surface area contributed by atoms with Crippen molar-refractivity contribution in [2.45, 2.75) is 6.61 Å². The van der Waals surface area contributed by atoms with Gasteiger partial charge in [0.1, 0.15) is 18.1 Å². The van der Waals surface area contributed by atoms with E-state index >= 15 is 0 Å². The van der Waals surface area contributed by atoms with E-state index in [1.165, 1.54) is 6.07 Å². The number of carbonyl (C=O) groups excluding carboxylic acids is 1. The summed E-state index contributed by atoms with van der Waals surface area (Å²) in [4.78, 5) is 22.4. The molecule has 158 valence electrons. The highest BCUT2D eigenvalue weighted by molar-refractivity contribution is 6.35. The number of carbonyl (C=O) groups is 1. The second-order valence-corrected chi connectivity index (χ2v) is 7.09. The number of nitro groups is 1. The molecular weight excluding hydrogens is 445 g/mol. The predicted molar refractivity (Wildman–Crippen MR) is 117 cm³/mol.